The molecule has 3 aromatic heterocycles. The number of furan rings is 2. The highest BCUT2D eigenvalue weighted by Gasteiger charge is 2.25. The van der Waals surface area contributed by atoms with E-state index in [1.54, 1.807) is 29.4 Å². The fourth-order valence-electron chi connectivity index (χ4n) is 3.14. The Bertz CT molecular complexity index is 939. The van der Waals surface area contributed by atoms with Crippen LogP contribution in [0.25, 0.3) is 11.6 Å². The van der Waals surface area contributed by atoms with E-state index in [0.29, 0.717) is 55.9 Å². The van der Waals surface area contributed by atoms with Gasteiger partial charge in [-0.05, 0) is 31.2 Å². The van der Waals surface area contributed by atoms with Gasteiger partial charge in [-0.1, -0.05) is 0 Å². The van der Waals surface area contributed by atoms with E-state index in [0.717, 1.165) is 12.5 Å². The number of hydrogen-bond acceptors (Lipinski definition) is 6. The molecule has 29 heavy (non-hydrogen) atoms. The highest BCUT2D eigenvalue weighted by Crippen LogP contribution is 2.15. The summed E-state index contributed by atoms with van der Waals surface area (Å²) in [5.74, 6) is 2.85. The van der Waals surface area contributed by atoms with Crippen molar-refractivity contribution in [3.05, 3.63) is 48.4 Å². The molecule has 2 N–H and O–H groups in total. The molecule has 0 unspecified atom stereocenters. The third-order valence-corrected chi connectivity index (χ3v) is 4.59. The summed E-state index contributed by atoms with van der Waals surface area (Å²) in [4.78, 5) is 25.4. The van der Waals surface area contributed by atoms with Crippen molar-refractivity contribution >= 4 is 11.9 Å². The van der Waals surface area contributed by atoms with Gasteiger partial charge in [0.15, 0.2) is 17.5 Å². The molecule has 10 nitrogen and oxygen atoms in total. The topological polar surface area (TPSA) is 116 Å². The van der Waals surface area contributed by atoms with Gasteiger partial charge >= 0.3 is 0 Å². The quantitative estimate of drug-likeness (QED) is 0.496. The number of nitrogens with zero attached hydrogens (tertiary/aromatic N) is 5. The number of aliphatic imine (C=N–C) groups is 1. The Labute approximate surface area is 167 Å². The Kier molecular flexibility index (Phi) is 5.59. The van der Waals surface area contributed by atoms with Crippen LogP contribution in [-0.2, 0) is 6.54 Å². The van der Waals surface area contributed by atoms with Gasteiger partial charge < -0.3 is 24.0 Å². The summed E-state index contributed by atoms with van der Waals surface area (Å²) in [5.41, 5.74) is 0. The predicted octanol–water partition coefficient (Wildman–Crippen LogP) is 1.58. The van der Waals surface area contributed by atoms with E-state index < -0.39 is 0 Å². The molecule has 0 radical (unpaired) electrons. The second-order valence-electron chi connectivity index (χ2n) is 6.51. The Hall–Kier alpha value is -3.56. The zero-order valence-corrected chi connectivity index (χ0v) is 16.2. The first-order valence-electron chi connectivity index (χ1n) is 9.56. The van der Waals surface area contributed by atoms with Crippen LogP contribution in [-0.4, -0.2) is 69.6 Å². The van der Waals surface area contributed by atoms with Crippen molar-refractivity contribution < 1.29 is 13.6 Å². The van der Waals surface area contributed by atoms with Crippen LogP contribution in [0.15, 0.2) is 50.6 Å². The van der Waals surface area contributed by atoms with E-state index in [1.807, 2.05) is 13.0 Å². The third kappa shape index (κ3) is 4.31. The summed E-state index contributed by atoms with van der Waals surface area (Å²) in [7, 11) is 0. The van der Waals surface area contributed by atoms with E-state index in [4.69, 9.17) is 8.83 Å². The second-order valence-corrected chi connectivity index (χ2v) is 6.51. The number of rotatable bonds is 5. The molecule has 1 aliphatic rings. The Morgan fingerprint density at radius 2 is 1.93 bits per heavy atom. The maximum atomic E-state index is 12.4. The smallest absolute Gasteiger partial charge is 0.289 e. The van der Waals surface area contributed by atoms with Crippen LogP contribution in [0.5, 0.6) is 0 Å². The summed E-state index contributed by atoms with van der Waals surface area (Å²) in [6.07, 6.45) is 3.10. The molecule has 1 aliphatic heterocycles. The summed E-state index contributed by atoms with van der Waals surface area (Å²) < 4.78 is 10.5. The van der Waals surface area contributed by atoms with Crippen LogP contribution in [0.1, 0.15) is 23.3 Å². The van der Waals surface area contributed by atoms with E-state index in [1.165, 1.54) is 6.26 Å². The maximum Gasteiger partial charge on any atom is 0.289 e. The van der Waals surface area contributed by atoms with Gasteiger partial charge in [0.25, 0.3) is 5.91 Å². The number of H-pyrrole nitrogens is 1. The van der Waals surface area contributed by atoms with Crippen molar-refractivity contribution in [3.8, 4) is 11.6 Å². The number of aromatic nitrogens is 3. The summed E-state index contributed by atoms with van der Waals surface area (Å²) in [6, 6.07) is 7.02. The van der Waals surface area contributed by atoms with Crippen molar-refractivity contribution in [1.82, 2.24) is 30.3 Å². The fraction of sp³-hybridized carbons (Fsp3) is 0.368. The number of amides is 1. The molecule has 0 atom stereocenters. The SMILES string of the molecule is CCNC(=NCc1nc(-c2ccco2)n[nH]1)N1CCN(C(=O)c2ccco2)CC1. The second kappa shape index (κ2) is 8.63. The molecule has 0 aliphatic carbocycles. The standard InChI is InChI=1S/C19H23N7O3/c1-2-20-19(21-13-16-22-17(24-23-16)14-5-3-11-28-14)26-9-7-25(8-10-26)18(27)15-6-4-12-29-15/h3-6,11-12H,2,7-10,13H2,1H3,(H,20,21)(H,22,23,24). The first-order chi connectivity index (χ1) is 14.2. The van der Waals surface area contributed by atoms with Crippen LogP contribution in [0.4, 0.5) is 0 Å². The average molecular weight is 397 g/mol. The number of guanidine groups is 1. The number of piperazine rings is 1. The molecular formula is C19H23N7O3. The van der Waals surface area contributed by atoms with Crippen molar-refractivity contribution in [2.45, 2.75) is 13.5 Å². The van der Waals surface area contributed by atoms with Crippen molar-refractivity contribution in [3.63, 3.8) is 0 Å². The lowest BCUT2D eigenvalue weighted by molar-refractivity contribution is 0.0657. The van der Waals surface area contributed by atoms with Crippen molar-refractivity contribution in [2.24, 2.45) is 4.99 Å². The van der Waals surface area contributed by atoms with Gasteiger partial charge in [-0.3, -0.25) is 9.89 Å². The zero-order valence-electron chi connectivity index (χ0n) is 16.2. The Morgan fingerprint density at radius 3 is 2.62 bits per heavy atom. The molecule has 0 spiro atoms. The van der Waals surface area contributed by atoms with E-state index >= 15 is 0 Å². The summed E-state index contributed by atoms with van der Waals surface area (Å²) in [6.45, 7) is 5.72. The average Bonchev–Trinajstić information content (AvgIpc) is 3.52. The minimum atomic E-state index is -0.0799. The molecule has 1 amide bonds. The van der Waals surface area contributed by atoms with Crippen LogP contribution < -0.4 is 5.32 Å². The normalized spacial score (nSPS) is 15.0. The molecule has 4 rings (SSSR count). The summed E-state index contributed by atoms with van der Waals surface area (Å²) >= 11 is 0. The van der Waals surface area contributed by atoms with Gasteiger partial charge in [0.2, 0.25) is 5.82 Å². The molecular weight excluding hydrogens is 374 g/mol. The molecule has 4 heterocycles. The van der Waals surface area contributed by atoms with Gasteiger partial charge in [0.1, 0.15) is 12.4 Å². The predicted molar refractivity (Wildman–Crippen MR) is 105 cm³/mol. The lowest BCUT2D eigenvalue weighted by Crippen LogP contribution is -2.53. The zero-order chi connectivity index (χ0) is 20.1. The lowest BCUT2D eigenvalue weighted by atomic mass is 10.3. The largest absolute Gasteiger partial charge is 0.461 e. The Morgan fingerprint density at radius 1 is 1.17 bits per heavy atom. The number of carbonyl (C=O) groups is 1. The first-order valence-corrected chi connectivity index (χ1v) is 9.56. The van der Waals surface area contributed by atoms with Gasteiger partial charge in [0, 0.05) is 32.7 Å². The van der Waals surface area contributed by atoms with Crippen LogP contribution in [0.2, 0.25) is 0 Å². The van der Waals surface area contributed by atoms with Crippen LogP contribution in [0, 0.1) is 0 Å². The third-order valence-electron chi connectivity index (χ3n) is 4.59. The van der Waals surface area contributed by atoms with Crippen LogP contribution in [0.3, 0.4) is 0 Å². The highest BCUT2D eigenvalue weighted by atomic mass is 16.3. The first kappa shape index (κ1) is 18.8. The monoisotopic (exact) mass is 397 g/mol. The number of aromatic amines is 1. The van der Waals surface area contributed by atoms with Gasteiger partial charge in [-0.15, -0.1) is 5.10 Å². The fourth-order valence-corrected chi connectivity index (χ4v) is 3.14. The number of carbonyl (C=O) groups excluding carboxylic acids is 1. The maximum absolute atomic E-state index is 12.4. The van der Waals surface area contributed by atoms with Gasteiger partial charge in [0.05, 0.1) is 12.5 Å². The van der Waals surface area contributed by atoms with Gasteiger partial charge in [-0.2, -0.15) is 0 Å². The Balaban J connectivity index is 1.37. The molecule has 1 fully saturated rings. The van der Waals surface area contributed by atoms with Gasteiger partial charge in [-0.25, -0.2) is 9.98 Å². The highest BCUT2D eigenvalue weighted by molar-refractivity contribution is 5.91. The summed E-state index contributed by atoms with van der Waals surface area (Å²) in [5, 5.41) is 10.4. The molecule has 10 heteroatoms. The molecule has 3 aromatic rings. The van der Waals surface area contributed by atoms with Crippen LogP contribution >= 0.6 is 0 Å². The molecule has 0 bridgehead atoms. The number of nitrogens with one attached hydrogen (secondary N) is 2. The minimum Gasteiger partial charge on any atom is -0.461 e. The lowest BCUT2D eigenvalue weighted by Gasteiger charge is -2.36. The van der Waals surface area contributed by atoms with Crippen molar-refractivity contribution in [1.29, 1.82) is 0 Å². The molecule has 152 valence electrons. The number of hydrogen-bond donors (Lipinski definition) is 2. The minimum absolute atomic E-state index is 0.0799. The van der Waals surface area contributed by atoms with Crippen molar-refractivity contribution in [2.75, 3.05) is 32.7 Å². The van der Waals surface area contributed by atoms with E-state index in [-0.39, 0.29) is 5.91 Å². The van der Waals surface area contributed by atoms with E-state index in [9.17, 15) is 4.79 Å². The molecule has 1 saturated heterocycles. The van der Waals surface area contributed by atoms with E-state index in [2.05, 4.69) is 30.4 Å². The molecule has 0 saturated carbocycles. The molecule has 0 aromatic carbocycles.